The average Bonchev–Trinajstić information content (AvgIpc) is 2.11. The Balaban J connectivity index is 3.75. The zero-order chi connectivity index (χ0) is 14.4. The third kappa shape index (κ3) is 12.7. The molecule has 1 atom stereocenters. The average molecular weight is 299 g/mol. The molecule has 0 saturated heterocycles. The van der Waals surface area contributed by atoms with Gasteiger partial charge in [-0.05, 0) is 6.17 Å². The fourth-order valence-electron chi connectivity index (χ4n) is 0.980. The number of nitrogens with zero attached hydrogens (tertiary/aromatic N) is 1. The van der Waals surface area contributed by atoms with Crippen molar-refractivity contribution in [3.63, 3.8) is 0 Å². The van der Waals surface area contributed by atoms with Gasteiger partial charge in [-0.15, -0.1) is 0 Å². The highest BCUT2D eigenvalue weighted by molar-refractivity contribution is 7.47. The molecule has 8 heteroatoms. The van der Waals surface area contributed by atoms with Crippen molar-refractivity contribution < 1.29 is 23.0 Å². The fourth-order valence-corrected chi connectivity index (χ4v) is 2.80. The van der Waals surface area contributed by atoms with Crippen molar-refractivity contribution in [3.8, 4) is 0 Å². The van der Waals surface area contributed by atoms with Crippen molar-refractivity contribution in [3.05, 3.63) is 0 Å². The smallest absolute Gasteiger partial charge is 0.317 e. The van der Waals surface area contributed by atoms with E-state index >= 15 is 0 Å². The molecule has 0 aromatic carbocycles. The molecule has 1 unspecified atom stereocenters. The van der Waals surface area contributed by atoms with Crippen LogP contribution in [0.1, 0.15) is 0 Å². The topological polar surface area (TPSA) is 67.8 Å². The van der Waals surface area contributed by atoms with Crippen LogP contribution in [0.3, 0.4) is 0 Å². The number of hydrogen-bond donors (Lipinski definition) is 2. The van der Waals surface area contributed by atoms with Gasteiger partial charge in [-0.2, -0.15) is 0 Å². The molecule has 2 N–H and O–H groups in total. The van der Waals surface area contributed by atoms with E-state index in [0.29, 0.717) is 11.0 Å². The maximum atomic E-state index is 11.5. The Morgan fingerprint density at radius 2 is 1.78 bits per heavy atom. The van der Waals surface area contributed by atoms with E-state index in [1.165, 1.54) is 0 Å². The van der Waals surface area contributed by atoms with Gasteiger partial charge in [0.1, 0.15) is 0 Å². The van der Waals surface area contributed by atoms with Crippen molar-refractivity contribution in [1.29, 1.82) is 0 Å². The maximum Gasteiger partial charge on any atom is 0.476 e. The van der Waals surface area contributed by atoms with E-state index in [4.69, 9.17) is 9.05 Å². The minimum atomic E-state index is -3.91. The van der Waals surface area contributed by atoms with Crippen molar-refractivity contribution in [2.75, 3.05) is 47.2 Å². The largest absolute Gasteiger partial charge is 0.476 e. The van der Waals surface area contributed by atoms with Gasteiger partial charge in [-0.25, -0.2) is 9.09 Å². The lowest BCUT2D eigenvalue weighted by molar-refractivity contribution is -0.887. The molecule has 6 nitrogen and oxygen atoms in total. The lowest BCUT2D eigenvalue weighted by atomic mass is 10.7. The van der Waals surface area contributed by atoms with Crippen molar-refractivity contribution >= 4 is 15.9 Å². The van der Waals surface area contributed by atoms with E-state index in [9.17, 15) is 9.46 Å². The third-order valence-corrected chi connectivity index (χ3v) is 4.06. The molecule has 18 heavy (non-hydrogen) atoms. The Morgan fingerprint density at radius 3 is 2.22 bits per heavy atom. The Labute approximate surface area is 111 Å². The summed E-state index contributed by atoms with van der Waals surface area (Å²) in [7, 11) is 0.572. The van der Waals surface area contributed by atoms with Crippen LogP contribution in [0.15, 0.2) is 0 Å². The van der Waals surface area contributed by atoms with Gasteiger partial charge in [0.25, 0.3) is 0 Å². The highest BCUT2D eigenvalue weighted by atomic mass is 31.2. The molecule has 0 rings (SSSR count). The van der Waals surface area contributed by atoms with Crippen molar-refractivity contribution in [2.45, 2.75) is 19.6 Å². The molecule has 0 amide bonds. The third-order valence-electron chi connectivity index (χ3n) is 1.80. The second kappa shape index (κ2) is 7.14. The minimum Gasteiger partial charge on any atom is -0.317 e. The molecule has 0 aliphatic heterocycles. The van der Waals surface area contributed by atoms with Gasteiger partial charge < -0.3 is 14.7 Å². The standard InChI is InChI=1S/C10H27N2O4PSi/c1-12(2,3)10-16-17(13,14)15-8-7-11-9-18(4,5)6/h11H,7-10H2,1-6H3/p+1. The van der Waals surface area contributed by atoms with Gasteiger partial charge >= 0.3 is 7.82 Å². The summed E-state index contributed by atoms with van der Waals surface area (Å²) in [5.41, 5.74) is 0. The van der Waals surface area contributed by atoms with Gasteiger partial charge in [-0.1, -0.05) is 19.6 Å². The van der Waals surface area contributed by atoms with E-state index in [2.05, 4.69) is 25.0 Å². The molecule has 0 aliphatic rings. The molecule has 0 bridgehead atoms. The normalized spacial score (nSPS) is 16.6. The highest BCUT2D eigenvalue weighted by Gasteiger charge is 2.24. The molecular weight excluding hydrogens is 271 g/mol. The fraction of sp³-hybridized carbons (Fsp3) is 1.00. The first-order valence-corrected chi connectivity index (χ1v) is 11.2. The van der Waals surface area contributed by atoms with E-state index in [1.807, 2.05) is 21.1 Å². The first kappa shape index (κ1) is 18.2. The molecule has 0 heterocycles. The molecule has 0 radical (unpaired) electrons. The molecule has 0 spiro atoms. The SMILES string of the molecule is C[N+](C)(C)COP(=O)(O)OCCNC[Si](C)(C)C. The zero-order valence-corrected chi connectivity index (χ0v) is 14.3. The van der Waals surface area contributed by atoms with Gasteiger partial charge in [0, 0.05) is 6.54 Å². The Kier molecular flexibility index (Phi) is 7.24. The van der Waals surface area contributed by atoms with Crippen LogP contribution >= 0.6 is 7.82 Å². The van der Waals surface area contributed by atoms with Crippen molar-refractivity contribution in [1.82, 2.24) is 5.32 Å². The predicted molar refractivity (Wildman–Crippen MR) is 76.0 cm³/mol. The van der Waals surface area contributed by atoms with Crippen LogP contribution in [-0.4, -0.2) is 64.6 Å². The van der Waals surface area contributed by atoms with E-state index in [1.54, 1.807) is 0 Å². The molecule has 110 valence electrons. The zero-order valence-electron chi connectivity index (χ0n) is 12.4. The second-order valence-corrected chi connectivity index (χ2v) is 13.5. The summed E-state index contributed by atoms with van der Waals surface area (Å²) < 4.78 is 21.7. The molecule has 0 saturated carbocycles. The van der Waals surface area contributed by atoms with Crippen LogP contribution in [-0.2, 0) is 13.6 Å². The monoisotopic (exact) mass is 299 g/mol. The summed E-state index contributed by atoms with van der Waals surface area (Å²) >= 11 is 0. The summed E-state index contributed by atoms with van der Waals surface area (Å²) in [6, 6.07) is 0. The predicted octanol–water partition coefficient (Wildman–Crippen LogP) is 1.25. The van der Waals surface area contributed by atoms with Crippen LogP contribution in [0, 0.1) is 0 Å². The van der Waals surface area contributed by atoms with Gasteiger partial charge in [0.15, 0.2) is 6.73 Å². The van der Waals surface area contributed by atoms with Gasteiger partial charge in [0.2, 0.25) is 0 Å². The van der Waals surface area contributed by atoms with E-state index < -0.39 is 15.9 Å². The first-order valence-electron chi connectivity index (χ1n) is 6.04. The second-order valence-electron chi connectivity index (χ2n) is 6.59. The van der Waals surface area contributed by atoms with Crippen LogP contribution < -0.4 is 5.32 Å². The van der Waals surface area contributed by atoms with Crippen LogP contribution in [0.5, 0.6) is 0 Å². The van der Waals surface area contributed by atoms with Crippen LogP contribution in [0.2, 0.25) is 19.6 Å². The highest BCUT2D eigenvalue weighted by Crippen LogP contribution is 2.43. The van der Waals surface area contributed by atoms with Gasteiger partial charge in [-0.3, -0.25) is 4.52 Å². The van der Waals surface area contributed by atoms with Crippen LogP contribution in [0.25, 0.3) is 0 Å². The summed E-state index contributed by atoms with van der Waals surface area (Å²) in [5, 5.41) is 3.22. The Morgan fingerprint density at radius 1 is 1.22 bits per heavy atom. The number of quaternary nitrogens is 1. The first-order chi connectivity index (χ1) is 7.91. The lowest BCUT2D eigenvalue weighted by Crippen LogP contribution is -2.38. The number of phosphoric ester groups is 1. The summed E-state index contributed by atoms with van der Waals surface area (Å²) in [5.74, 6) is 0. The van der Waals surface area contributed by atoms with Crippen LogP contribution in [0.4, 0.5) is 0 Å². The number of phosphoric acid groups is 1. The molecule has 0 aromatic rings. The van der Waals surface area contributed by atoms with Gasteiger partial charge in [0.05, 0.1) is 35.8 Å². The lowest BCUT2D eigenvalue weighted by Gasteiger charge is -2.24. The maximum absolute atomic E-state index is 11.5. The minimum absolute atomic E-state index is 0.135. The number of hydrogen-bond acceptors (Lipinski definition) is 4. The quantitative estimate of drug-likeness (QED) is 0.220. The number of nitrogens with one attached hydrogen (secondary N) is 1. The Hall–Kier alpha value is 0.247. The van der Waals surface area contributed by atoms with E-state index in [0.717, 1.165) is 6.17 Å². The molecule has 0 aromatic heterocycles. The molecular formula is C10H28N2O4PSi+. The van der Waals surface area contributed by atoms with E-state index in [-0.39, 0.29) is 13.3 Å². The number of rotatable bonds is 9. The molecule has 0 fully saturated rings. The summed E-state index contributed by atoms with van der Waals surface area (Å²) in [6.45, 7) is 7.63. The Bertz CT molecular complexity index is 289. The molecule has 0 aliphatic carbocycles. The van der Waals surface area contributed by atoms with Crippen molar-refractivity contribution in [2.24, 2.45) is 0 Å². The summed E-state index contributed by atoms with van der Waals surface area (Å²) in [6.07, 6.45) is 0.964. The summed E-state index contributed by atoms with van der Waals surface area (Å²) in [4.78, 5) is 9.42.